The molecule has 0 aromatic carbocycles. The largest absolute Gasteiger partial charge is 0.327 e. The molecule has 0 aliphatic rings. The lowest BCUT2D eigenvalue weighted by Crippen LogP contribution is -2.16. The number of nitrogens with two attached hydrogens (primary N) is 1. The van der Waals surface area contributed by atoms with Gasteiger partial charge in [-0.05, 0) is 13.2 Å². The third-order valence-corrected chi connectivity index (χ3v) is 1.29. The van der Waals surface area contributed by atoms with Crippen molar-refractivity contribution < 1.29 is 0 Å². The van der Waals surface area contributed by atoms with Crippen LogP contribution in [-0.2, 0) is 0 Å². The average molecular weight is 105 g/mol. The molecule has 0 saturated heterocycles. The van der Waals surface area contributed by atoms with Crippen molar-refractivity contribution in [1.29, 1.82) is 0 Å². The van der Waals surface area contributed by atoms with Crippen LogP contribution in [0.3, 0.4) is 0 Å². The van der Waals surface area contributed by atoms with Crippen molar-refractivity contribution in [3.8, 4) is 0 Å². The Morgan fingerprint density at radius 1 is 1.83 bits per heavy atom. The topological polar surface area (TPSA) is 26.0 Å². The van der Waals surface area contributed by atoms with Gasteiger partial charge in [-0.2, -0.15) is 11.8 Å². The highest BCUT2D eigenvalue weighted by Crippen LogP contribution is 1.91. The van der Waals surface area contributed by atoms with Gasteiger partial charge in [0.2, 0.25) is 0 Å². The van der Waals surface area contributed by atoms with Gasteiger partial charge in [0.15, 0.2) is 0 Å². The van der Waals surface area contributed by atoms with Crippen molar-refractivity contribution in [2.45, 2.75) is 13.0 Å². The van der Waals surface area contributed by atoms with Crippen molar-refractivity contribution in [3.63, 3.8) is 0 Å². The van der Waals surface area contributed by atoms with E-state index in [2.05, 4.69) is 6.26 Å². The Labute approximate surface area is 43.3 Å². The molecular formula is C4H11NS. The zero-order valence-corrected chi connectivity index (χ0v) is 5.09. The Bertz CT molecular complexity index is 28.7. The van der Waals surface area contributed by atoms with Crippen molar-refractivity contribution >= 4 is 11.8 Å². The van der Waals surface area contributed by atoms with E-state index < -0.39 is 0 Å². The standard InChI is InChI=1S/C4H11NS/c1-4(5)3-6-2/h4H,3,5H2,1-2H3. The van der Waals surface area contributed by atoms with Gasteiger partial charge in [0, 0.05) is 11.8 Å². The zero-order valence-electron chi connectivity index (χ0n) is 4.27. The van der Waals surface area contributed by atoms with Gasteiger partial charge in [-0.15, -0.1) is 0 Å². The summed E-state index contributed by atoms with van der Waals surface area (Å²) in [5.41, 5.74) is 5.38. The maximum Gasteiger partial charge on any atom is 0.0101 e. The smallest absolute Gasteiger partial charge is 0.0101 e. The van der Waals surface area contributed by atoms with Gasteiger partial charge in [-0.1, -0.05) is 0 Å². The molecule has 0 aromatic rings. The highest BCUT2D eigenvalue weighted by Gasteiger charge is 1.85. The number of thioether (sulfide) groups is 1. The van der Waals surface area contributed by atoms with Crippen LogP contribution >= 0.6 is 11.8 Å². The molecule has 2 heteroatoms. The van der Waals surface area contributed by atoms with E-state index in [9.17, 15) is 0 Å². The Morgan fingerprint density at radius 2 is 2.33 bits per heavy atom. The van der Waals surface area contributed by atoms with E-state index in [0.29, 0.717) is 6.04 Å². The molecule has 0 aliphatic carbocycles. The fraction of sp³-hybridized carbons (Fsp3) is 1.00. The molecule has 0 bridgehead atoms. The maximum absolute atomic E-state index is 5.38. The van der Waals surface area contributed by atoms with Gasteiger partial charge < -0.3 is 5.73 Å². The quantitative estimate of drug-likeness (QED) is 0.559. The van der Waals surface area contributed by atoms with E-state index in [4.69, 9.17) is 5.73 Å². The summed E-state index contributed by atoms with van der Waals surface area (Å²) >= 11 is 1.78. The van der Waals surface area contributed by atoms with Crippen LogP contribution in [0.25, 0.3) is 0 Å². The molecule has 6 heavy (non-hydrogen) atoms. The van der Waals surface area contributed by atoms with Crippen molar-refractivity contribution in [1.82, 2.24) is 0 Å². The zero-order chi connectivity index (χ0) is 4.99. The third kappa shape index (κ3) is 4.31. The molecule has 38 valence electrons. The molecule has 0 rings (SSSR count). The normalized spacial score (nSPS) is 14.5. The van der Waals surface area contributed by atoms with E-state index in [1.54, 1.807) is 11.8 Å². The van der Waals surface area contributed by atoms with E-state index in [0.717, 1.165) is 5.75 Å². The van der Waals surface area contributed by atoms with Crippen molar-refractivity contribution in [2.75, 3.05) is 12.0 Å². The van der Waals surface area contributed by atoms with Gasteiger partial charge in [-0.3, -0.25) is 0 Å². The fourth-order valence-electron chi connectivity index (χ4n) is 0.263. The number of hydrogen-bond donors (Lipinski definition) is 1. The first kappa shape index (κ1) is 6.31. The molecule has 0 spiro atoms. The summed E-state index contributed by atoms with van der Waals surface area (Å²) in [6.07, 6.45) is 2.06. The SMILES string of the molecule is CSCC(C)N. The molecule has 1 atom stereocenters. The van der Waals surface area contributed by atoms with Gasteiger partial charge in [0.25, 0.3) is 0 Å². The van der Waals surface area contributed by atoms with E-state index >= 15 is 0 Å². The summed E-state index contributed by atoms with van der Waals surface area (Å²) in [4.78, 5) is 0. The summed E-state index contributed by atoms with van der Waals surface area (Å²) in [6.45, 7) is 2.01. The first-order valence-electron chi connectivity index (χ1n) is 2.02. The second kappa shape index (κ2) is 3.50. The monoisotopic (exact) mass is 105 g/mol. The summed E-state index contributed by atoms with van der Waals surface area (Å²) in [7, 11) is 0. The van der Waals surface area contributed by atoms with Gasteiger partial charge in [0.1, 0.15) is 0 Å². The molecular weight excluding hydrogens is 94.1 g/mol. The minimum absolute atomic E-state index is 0.361. The van der Waals surface area contributed by atoms with Crippen molar-refractivity contribution in [2.24, 2.45) is 5.73 Å². The molecule has 2 N–H and O–H groups in total. The van der Waals surface area contributed by atoms with Crippen LogP contribution in [0.15, 0.2) is 0 Å². The molecule has 0 fully saturated rings. The Balaban J connectivity index is 2.63. The van der Waals surface area contributed by atoms with Crippen molar-refractivity contribution in [3.05, 3.63) is 0 Å². The first-order valence-corrected chi connectivity index (χ1v) is 3.41. The van der Waals surface area contributed by atoms with Crippen LogP contribution < -0.4 is 5.73 Å². The van der Waals surface area contributed by atoms with Crippen LogP contribution in [0, 0.1) is 0 Å². The fourth-order valence-corrected chi connectivity index (χ4v) is 0.789. The Kier molecular flexibility index (Phi) is 3.68. The van der Waals surface area contributed by atoms with E-state index in [-0.39, 0.29) is 0 Å². The lowest BCUT2D eigenvalue weighted by Gasteiger charge is -1.96. The highest BCUT2D eigenvalue weighted by atomic mass is 32.2. The average Bonchev–Trinajstić information content (AvgIpc) is 1.35. The lowest BCUT2D eigenvalue weighted by atomic mass is 10.4. The molecule has 0 radical (unpaired) electrons. The first-order chi connectivity index (χ1) is 2.77. The van der Waals surface area contributed by atoms with Gasteiger partial charge >= 0.3 is 0 Å². The van der Waals surface area contributed by atoms with Crippen LogP contribution in [0.1, 0.15) is 6.92 Å². The predicted molar refractivity (Wildman–Crippen MR) is 32.0 cm³/mol. The summed E-state index contributed by atoms with van der Waals surface area (Å²) in [6, 6.07) is 0.361. The molecule has 0 aliphatic heterocycles. The Morgan fingerprint density at radius 3 is 2.33 bits per heavy atom. The highest BCUT2D eigenvalue weighted by molar-refractivity contribution is 7.98. The van der Waals surface area contributed by atoms with E-state index in [1.165, 1.54) is 0 Å². The third-order valence-electron chi connectivity index (χ3n) is 0.430. The maximum atomic E-state index is 5.38. The molecule has 0 aromatic heterocycles. The predicted octanol–water partition coefficient (Wildman–Crippen LogP) is 0.697. The van der Waals surface area contributed by atoms with Crippen LogP contribution in [-0.4, -0.2) is 18.1 Å². The second-order valence-electron chi connectivity index (χ2n) is 1.43. The molecule has 1 nitrogen and oxygen atoms in total. The minimum Gasteiger partial charge on any atom is -0.327 e. The molecule has 0 amide bonds. The van der Waals surface area contributed by atoms with Gasteiger partial charge in [0.05, 0.1) is 0 Å². The van der Waals surface area contributed by atoms with Crippen LogP contribution in [0.5, 0.6) is 0 Å². The lowest BCUT2D eigenvalue weighted by molar-refractivity contribution is 0.848. The summed E-state index contributed by atoms with van der Waals surface area (Å²) < 4.78 is 0. The Hall–Kier alpha value is 0.310. The molecule has 1 unspecified atom stereocenters. The van der Waals surface area contributed by atoms with Crippen LogP contribution in [0.2, 0.25) is 0 Å². The molecule has 0 heterocycles. The summed E-state index contributed by atoms with van der Waals surface area (Å²) in [5.74, 6) is 1.07. The van der Waals surface area contributed by atoms with Crippen LogP contribution in [0.4, 0.5) is 0 Å². The van der Waals surface area contributed by atoms with Gasteiger partial charge in [-0.25, -0.2) is 0 Å². The second-order valence-corrected chi connectivity index (χ2v) is 2.34. The number of hydrogen-bond acceptors (Lipinski definition) is 2. The molecule has 0 saturated carbocycles. The van der Waals surface area contributed by atoms with E-state index in [1.807, 2.05) is 6.92 Å². The number of rotatable bonds is 2. The minimum atomic E-state index is 0.361. The summed E-state index contributed by atoms with van der Waals surface area (Å²) in [5, 5.41) is 0.